The maximum atomic E-state index is 14.9. The summed E-state index contributed by atoms with van der Waals surface area (Å²) in [5, 5.41) is 29.4. The molecule has 0 unspecified atom stereocenters. The van der Waals surface area contributed by atoms with Crippen LogP contribution in [0.3, 0.4) is 0 Å². The van der Waals surface area contributed by atoms with Crippen LogP contribution in [0, 0.1) is 16.6 Å². The summed E-state index contributed by atoms with van der Waals surface area (Å²) in [6, 6.07) is 11.1. The fourth-order valence-corrected chi connectivity index (χ4v) is 6.40. The minimum atomic E-state index is -0.961. The molecule has 216 valence electrons. The molecular weight excluding hydrogens is 509 g/mol. The van der Waals surface area contributed by atoms with E-state index < -0.39 is 17.0 Å². The Balaban J connectivity index is 1.25. The number of ether oxygens (including phenoxy) is 1. The lowest BCUT2D eigenvalue weighted by Gasteiger charge is -2.48. The summed E-state index contributed by atoms with van der Waals surface area (Å²) in [5.74, 6) is 0.524. The van der Waals surface area contributed by atoms with Crippen molar-refractivity contribution >= 4 is 11.8 Å². The predicted octanol–water partition coefficient (Wildman–Crippen LogP) is 5.65. The van der Waals surface area contributed by atoms with E-state index in [1.165, 1.54) is 6.07 Å². The predicted molar refractivity (Wildman–Crippen MR) is 153 cm³/mol. The lowest BCUT2D eigenvalue weighted by atomic mass is 9.76. The van der Waals surface area contributed by atoms with Gasteiger partial charge in [-0.3, -0.25) is 15.1 Å². The lowest BCUT2D eigenvalue weighted by Crippen LogP contribution is -2.63. The van der Waals surface area contributed by atoms with E-state index >= 15 is 0 Å². The summed E-state index contributed by atoms with van der Waals surface area (Å²) >= 11 is 0. The van der Waals surface area contributed by atoms with Gasteiger partial charge in [-0.05, 0) is 67.7 Å². The Morgan fingerprint density at radius 2 is 1.85 bits per heavy atom. The van der Waals surface area contributed by atoms with Crippen molar-refractivity contribution in [2.75, 3.05) is 32.8 Å². The fraction of sp³-hybridized carbons (Fsp3) is 0.562. The van der Waals surface area contributed by atoms with Gasteiger partial charge in [0.05, 0.1) is 23.5 Å². The van der Waals surface area contributed by atoms with Crippen LogP contribution in [0.15, 0.2) is 36.4 Å². The SMILES string of the molecule is CCCOc1cc(CN2CC(O)(CC(=N)N3CCC(CC)(C(=O)O)CC3)C2)cc(C2CC2)c1-c1ccccc1F. The van der Waals surface area contributed by atoms with E-state index in [1.54, 1.807) is 6.07 Å². The number of nitrogens with zero attached hydrogens (tertiary/aromatic N) is 2. The molecule has 8 heteroatoms. The zero-order chi connectivity index (χ0) is 28.5. The normalized spacial score (nSPS) is 20.1. The molecule has 0 bridgehead atoms. The van der Waals surface area contributed by atoms with E-state index in [0.717, 1.165) is 41.7 Å². The number of rotatable bonds is 11. The number of halogens is 1. The Morgan fingerprint density at radius 1 is 1.15 bits per heavy atom. The molecular formula is C32H42FN3O4. The molecule has 2 heterocycles. The van der Waals surface area contributed by atoms with Gasteiger partial charge in [0.25, 0.3) is 0 Å². The third-order valence-corrected chi connectivity index (χ3v) is 8.99. The maximum Gasteiger partial charge on any atom is 0.309 e. The maximum absolute atomic E-state index is 14.9. The number of likely N-dealkylation sites (tertiary alicyclic amines) is 2. The molecule has 2 aromatic rings. The Kier molecular flexibility index (Phi) is 8.20. The molecule has 7 nitrogen and oxygen atoms in total. The highest BCUT2D eigenvalue weighted by molar-refractivity contribution is 5.81. The number of aliphatic hydroxyl groups is 1. The summed E-state index contributed by atoms with van der Waals surface area (Å²) in [6.45, 7) is 7.20. The quantitative estimate of drug-likeness (QED) is 0.247. The molecule has 0 amide bonds. The van der Waals surface area contributed by atoms with Gasteiger partial charge in [0.2, 0.25) is 0 Å². The average molecular weight is 552 g/mol. The summed E-state index contributed by atoms with van der Waals surface area (Å²) in [5.41, 5.74) is 2.02. The molecule has 1 aliphatic carbocycles. The second-order valence-electron chi connectivity index (χ2n) is 12.1. The monoisotopic (exact) mass is 551 g/mol. The number of β-amino-alcohol motifs (C(OH)–C–C–N with tert-alkyl or cyclic N) is 1. The van der Waals surface area contributed by atoms with E-state index in [2.05, 4.69) is 17.9 Å². The summed E-state index contributed by atoms with van der Waals surface area (Å²) in [6.07, 6.45) is 4.95. The zero-order valence-corrected chi connectivity index (χ0v) is 23.7. The van der Waals surface area contributed by atoms with Gasteiger partial charge >= 0.3 is 5.97 Å². The van der Waals surface area contributed by atoms with Gasteiger partial charge in [0.15, 0.2) is 0 Å². The van der Waals surface area contributed by atoms with Gasteiger partial charge in [-0.1, -0.05) is 38.1 Å². The van der Waals surface area contributed by atoms with Gasteiger partial charge in [-0.25, -0.2) is 4.39 Å². The van der Waals surface area contributed by atoms with Crippen LogP contribution in [-0.4, -0.2) is 70.2 Å². The summed E-state index contributed by atoms with van der Waals surface area (Å²) in [4.78, 5) is 15.9. The Bertz CT molecular complexity index is 1250. The van der Waals surface area contributed by atoms with Crippen molar-refractivity contribution in [2.45, 2.75) is 76.9 Å². The van der Waals surface area contributed by atoms with E-state index in [0.29, 0.717) is 75.9 Å². The Hall–Kier alpha value is -2.97. The van der Waals surface area contributed by atoms with Crippen molar-refractivity contribution in [3.63, 3.8) is 0 Å². The van der Waals surface area contributed by atoms with E-state index in [4.69, 9.17) is 10.1 Å². The van der Waals surface area contributed by atoms with Crippen LogP contribution < -0.4 is 4.74 Å². The molecule has 3 fully saturated rings. The highest BCUT2D eigenvalue weighted by atomic mass is 19.1. The molecule has 3 N–H and O–H groups in total. The topological polar surface area (TPSA) is 97.1 Å². The second kappa shape index (κ2) is 11.5. The number of carbonyl (C=O) groups is 1. The van der Waals surface area contributed by atoms with Crippen molar-refractivity contribution in [1.29, 1.82) is 5.41 Å². The van der Waals surface area contributed by atoms with Crippen LogP contribution in [0.5, 0.6) is 5.75 Å². The molecule has 3 aliphatic rings. The zero-order valence-electron chi connectivity index (χ0n) is 23.7. The number of hydrogen-bond donors (Lipinski definition) is 3. The number of benzene rings is 2. The van der Waals surface area contributed by atoms with Gasteiger partial charge in [-0.2, -0.15) is 0 Å². The first-order chi connectivity index (χ1) is 19.2. The molecule has 5 rings (SSSR count). The van der Waals surface area contributed by atoms with Crippen LogP contribution in [0.4, 0.5) is 4.39 Å². The minimum absolute atomic E-state index is 0.245. The van der Waals surface area contributed by atoms with Gasteiger partial charge in [0.1, 0.15) is 11.6 Å². The third kappa shape index (κ3) is 5.88. The van der Waals surface area contributed by atoms with Crippen molar-refractivity contribution < 1.29 is 24.1 Å². The van der Waals surface area contributed by atoms with E-state index in [-0.39, 0.29) is 12.2 Å². The first kappa shape index (κ1) is 28.6. The largest absolute Gasteiger partial charge is 0.493 e. The van der Waals surface area contributed by atoms with E-state index in [9.17, 15) is 19.4 Å². The first-order valence-electron chi connectivity index (χ1n) is 14.7. The lowest BCUT2D eigenvalue weighted by molar-refractivity contribution is -0.151. The minimum Gasteiger partial charge on any atom is -0.493 e. The van der Waals surface area contributed by atoms with Crippen molar-refractivity contribution in [2.24, 2.45) is 5.41 Å². The van der Waals surface area contributed by atoms with Gasteiger partial charge < -0.3 is 19.8 Å². The van der Waals surface area contributed by atoms with Crippen molar-refractivity contribution in [3.05, 3.63) is 53.3 Å². The standard InChI is InChI=1S/C32H42FN3O4/c1-3-15-40-27-17-22(16-25(23-9-10-23)29(27)24-7-5-6-8-26(24)33)19-35-20-32(39,21-35)18-28(34)36-13-11-31(4-2,12-14-36)30(37)38/h5-8,16-17,23,34,39H,3-4,9-15,18-21H2,1-2H3,(H,37,38). The van der Waals surface area contributed by atoms with Crippen molar-refractivity contribution in [3.8, 4) is 16.9 Å². The molecule has 2 aromatic carbocycles. The number of carboxylic acid groups (broad SMARTS) is 1. The van der Waals surface area contributed by atoms with Gasteiger partial charge in [0, 0.05) is 50.3 Å². The number of amidine groups is 1. The molecule has 0 aromatic heterocycles. The highest BCUT2D eigenvalue weighted by Gasteiger charge is 2.45. The molecule has 0 radical (unpaired) electrons. The number of hydrogen-bond acceptors (Lipinski definition) is 5. The number of carboxylic acids is 1. The second-order valence-corrected chi connectivity index (χ2v) is 12.1. The highest BCUT2D eigenvalue weighted by Crippen LogP contribution is 2.49. The molecule has 40 heavy (non-hydrogen) atoms. The van der Waals surface area contributed by atoms with Crippen LogP contribution in [0.2, 0.25) is 0 Å². The van der Waals surface area contributed by atoms with Crippen LogP contribution >= 0.6 is 0 Å². The number of aliphatic carboxylic acids is 1. The molecule has 2 saturated heterocycles. The molecule has 0 spiro atoms. The van der Waals surface area contributed by atoms with Crippen LogP contribution in [-0.2, 0) is 11.3 Å². The average Bonchev–Trinajstić information content (AvgIpc) is 3.77. The number of piperidine rings is 1. The molecule has 1 saturated carbocycles. The number of nitrogens with one attached hydrogen (secondary N) is 1. The van der Waals surface area contributed by atoms with E-state index in [1.807, 2.05) is 30.0 Å². The Labute approximate surface area is 236 Å². The smallest absolute Gasteiger partial charge is 0.309 e. The summed E-state index contributed by atoms with van der Waals surface area (Å²) < 4.78 is 21.1. The first-order valence-corrected chi connectivity index (χ1v) is 14.7. The van der Waals surface area contributed by atoms with Gasteiger partial charge in [-0.15, -0.1) is 0 Å². The fourth-order valence-electron chi connectivity index (χ4n) is 6.40. The van der Waals surface area contributed by atoms with Crippen LogP contribution in [0.25, 0.3) is 11.1 Å². The third-order valence-electron chi connectivity index (χ3n) is 8.99. The summed E-state index contributed by atoms with van der Waals surface area (Å²) in [7, 11) is 0. The molecule has 2 aliphatic heterocycles. The van der Waals surface area contributed by atoms with Crippen molar-refractivity contribution in [1.82, 2.24) is 9.80 Å². The molecule has 0 atom stereocenters. The van der Waals surface area contributed by atoms with Crippen LogP contribution in [0.1, 0.15) is 75.8 Å². The Morgan fingerprint density at radius 3 is 2.45 bits per heavy atom.